The molecule has 0 N–H and O–H groups in total. The van der Waals surface area contributed by atoms with Crippen molar-refractivity contribution < 1.29 is 19.1 Å². The lowest BCUT2D eigenvalue weighted by atomic mass is 10.0. The van der Waals surface area contributed by atoms with Crippen molar-refractivity contribution >= 4 is 17.5 Å². The van der Waals surface area contributed by atoms with E-state index in [0.29, 0.717) is 45.6 Å². The molecule has 2 saturated heterocycles. The summed E-state index contributed by atoms with van der Waals surface area (Å²) in [5.74, 6) is -0.458. The number of benzene rings is 1. The molecule has 1 aromatic carbocycles. The molecule has 140 valence electrons. The highest BCUT2D eigenvalue weighted by atomic mass is 16.7. The minimum atomic E-state index is -0.499. The Balaban J connectivity index is 1.50. The number of hydrogen-bond acceptors (Lipinski definition) is 4. The van der Waals surface area contributed by atoms with Crippen LogP contribution in [-0.4, -0.2) is 54.8 Å². The Morgan fingerprint density at radius 3 is 2.54 bits per heavy atom. The number of nitrogens with zero attached hydrogens (tertiary/aromatic N) is 2. The molecule has 0 bridgehead atoms. The first kappa shape index (κ1) is 17.5. The van der Waals surface area contributed by atoms with Gasteiger partial charge in [-0.15, -0.1) is 0 Å². The van der Waals surface area contributed by atoms with E-state index >= 15 is 0 Å². The van der Waals surface area contributed by atoms with Crippen molar-refractivity contribution in [3.05, 3.63) is 29.8 Å². The molecule has 6 heteroatoms. The maximum Gasteiger partial charge on any atom is 0.245 e. The van der Waals surface area contributed by atoms with E-state index in [1.807, 2.05) is 30.0 Å². The molecule has 1 atom stereocenters. The maximum atomic E-state index is 13.1. The van der Waals surface area contributed by atoms with Crippen LogP contribution in [0.1, 0.15) is 38.2 Å². The molecule has 3 heterocycles. The molecule has 2 amide bonds. The predicted octanol–water partition coefficient (Wildman–Crippen LogP) is 2.11. The van der Waals surface area contributed by atoms with Gasteiger partial charge in [0.15, 0.2) is 5.79 Å². The van der Waals surface area contributed by atoms with Gasteiger partial charge in [-0.3, -0.25) is 14.5 Å². The molecule has 3 aliphatic heterocycles. The second-order valence-corrected chi connectivity index (χ2v) is 7.35. The van der Waals surface area contributed by atoms with Crippen LogP contribution in [0, 0.1) is 0 Å². The van der Waals surface area contributed by atoms with Crippen molar-refractivity contribution in [2.24, 2.45) is 0 Å². The summed E-state index contributed by atoms with van der Waals surface area (Å²) in [5.41, 5.74) is 2.02. The maximum absolute atomic E-state index is 13.1. The van der Waals surface area contributed by atoms with Gasteiger partial charge in [0.05, 0.1) is 13.2 Å². The van der Waals surface area contributed by atoms with Crippen molar-refractivity contribution in [1.29, 1.82) is 0 Å². The van der Waals surface area contributed by atoms with Crippen LogP contribution < -0.4 is 4.90 Å². The summed E-state index contributed by atoms with van der Waals surface area (Å²) in [4.78, 5) is 29.4. The highest BCUT2D eigenvalue weighted by Gasteiger charge is 2.42. The summed E-state index contributed by atoms with van der Waals surface area (Å²) >= 11 is 0. The summed E-state index contributed by atoms with van der Waals surface area (Å²) in [6, 6.07) is 7.43. The first-order valence-corrected chi connectivity index (χ1v) is 9.56. The van der Waals surface area contributed by atoms with Crippen molar-refractivity contribution in [3.8, 4) is 0 Å². The van der Waals surface area contributed by atoms with E-state index in [9.17, 15) is 9.59 Å². The number of likely N-dealkylation sites (tertiary alicyclic amines) is 1. The van der Waals surface area contributed by atoms with Gasteiger partial charge in [-0.1, -0.05) is 18.2 Å². The smallest absolute Gasteiger partial charge is 0.245 e. The third-order valence-electron chi connectivity index (χ3n) is 5.75. The van der Waals surface area contributed by atoms with Gasteiger partial charge in [-0.2, -0.15) is 0 Å². The van der Waals surface area contributed by atoms with E-state index in [1.54, 1.807) is 4.90 Å². The Hall–Kier alpha value is -1.92. The molecule has 0 saturated carbocycles. The number of amides is 2. The highest BCUT2D eigenvalue weighted by Crippen LogP contribution is 2.33. The summed E-state index contributed by atoms with van der Waals surface area (Å²) in [6.07, 6.45) is 3.57. The molecule has 0 aromatic heterocycles. The number of hydrogen-bond donors (Lipinski definition) is 0. The van der Waals surface area contributed by atoms with Gasteiger partial charge in [0.1, 0.15) is 6.04 Å². The van der Waals surface area contributed by atoms with Crippen LogP contribution in [0.4, 0.5) is 5.69 Å². The second kappa shape index (κ2) is 7.00. The molecule has 1 spiro atoms. The van der Waals surface area contributed by atoms with E-state index in [2.05, 4.69) is 6.07 Å². The molecule has 26 heavy (non-hydrogen) atoms. The largest absolute Gasteiger partial charge is 0.347 e. The number of carbonyl (C=O) groups is 2. The molecule has 6 nitrogen and oxygen atoms in total. The number of rotatable bonds is 2. The number of fused-ring (bicyclic) bond motifs is 1. The third-order valence-corrected chi connectivity index (χ3v) is 5.75. The minimum Gasteiger partial charge on any atom is -0.347 e. The van der Waals surface area contributed by atoms with Crippen LogP contribution in [-0.2, 0) is 25.5 Å². The number of anilines is 1. The van der Waals surface area contributed by atoms with Gasteiger partial charge in [0.2, 0.25) is 11.8 Å². The summed E-state index contributed by atoms with van der Waals surface area (Å²) in [5, 5.41) is 0. The zero-order valence-electron chi connectivity index (χ0n) is 15.3. The molecule has 3 aliphatic rings. The predicted molar refractivity (Wildman–Crippen MR) is 96.8 cm³/mol. The van der Waals surface area contributed by atoms with E-state index in [0.717, 1.165) is 24.1 Å². The molecular weight excluding hydrogens is 332 g/mol. The van der Waals surface area contributed by atoms with Crippen molar-refractivity contribution in [1.82, 2.24) is 4.90 Å². The van der Waals surface area contributed by atoms with Gasteiger partial charge >= 0.3 is 0 Å². The molecule has 4 rings (SSSR count). The van der Waals surface area contributed by atoms with E-state index < -0.39 is 11.8 Å². The Labute approximate surface area is 154 Å². The van der Waals surface area contributed by atoms with Crippen LogP contribution in [0.2, 0.25) is 0 Å². The zero-order valence-corrected chi connectivity index (χ0v) is 15.3. The summed E-state index contributed by atoms with van der Waals surface area (Å²) < 4.78 is 11.5. The van der Waals surface area contributed by atoms with Gasteiger partial charge in [-0.25, -0.2) is 0 Å². The van der Waals surface area contributed by atoms with Gasteiger partial charge in [-0.05, 0) is 31.4 Å². The van der Waals surface area contributed by atoms with E-state index in [1.165, 1.54) is 0 Å². The molecule has 2 fully saturated rings. The van der Waals surface area contributed by atoms with E-state index in [-0.39, 0.29) is 11.8 Å². The Kier molecular flexibility index (Phi) is 4.71. The number of ether oxygens (including phenoxy) is 2. The first-order chi connectivity index (χ1) is 12.6. The normalized spacial score (nSPS) is 23.7. The SMILES string of the molecule is CC(C(=O)N1CCC2(CC1)OCCO2)N1C(=O)CCCc2ccccc21. The average Bonchev–Trinajstić information content (AvgIpc) is 3.03. The fourth-order valence-corrected chi connectivity index (χ4v) is 4.29. The lowest BCUT2D eigenvalue weighted by Gasteiger charge is -2.40. The zero-order chi connectivity index (χ0) is 18.1. The molecule has 0 radical (unpaired) electrons. The monoisotopic (exact) mass is 358 g/mol. The van der Waals surface area contributed by atoms with Crippen LogP contribution in [0.3, 0.4) is 0 Å². The number of carbonyl (C=O) groups excluding carboxylic acids is 2. The van der Waals surface area contributed by atoms with Crippen molar-refractivity contribution in [2.45, 2.75) is 50.9 Å². The van der Waals surface area contributed by atoms with E-state index in [4.69, 9.17) is 9.47 Å². The first-order valence-electron chi connectivity index (χ1n) is 9.56. The fourth-order valence-electron chi connectivity index (χ4n) is 4.29. The Bertz CT molecular complexity index is 689. The number of aryl methyl sites for hydroxylation is 1. The Morgan fingerprint density at radius 1 is 1.12 bits per heavy atom. The Morgan fingerprint density at radius 2 is 1.81 bits per heavy atom. The fraction of sp³-hybridized carbons (Fsp3) is 0.600. The topological polar surface area (TPSA) is 59.1 Å². The minimum absolute atomic E-state index is 0.00269. The summed E-state index contributed by atoms with van der Waals surface area (Å²) in [6.45, 7) is 4.31. The lowest BCUT2D eigenvalue weighted by Crippen LogP contribution is -2.54. The highest BCUT2D eigenvalue weighted by molar-refractivity contribution is 6.01. The molecule has 0 aliphatic carbocycles. The average molecular weight is 358 g/mol. The van der Waals surface area contributed by atoms with Crippen LogP contribution >= 0.6 is 0 Å². The third kappa shape index (κ3) is 3.12. The number of piperidine rings is 1. The quantitative estimate of drug-likeness (QED) is 0.812. The van der Waals surface area contributed by atoms with Crippen molar-refractivity contribution in [3.63, 3.8) is 0 Å². The van der Waals surface area contributed by atoms with Crippen LogP contribution in [0.5, 0.6) is 0 Å². The molecule has 1 aromatic rings. The summed E-state index contributed by atoms with van der Waals surface area (Å²) in [7, 11) is 0. The standard InChI is InChI=1S/C20H26N2O4/c1-15(19(24)21-11-9-20(10-12-21)25-13-14-26-20)22-17-7-3-2-5-16(17)6-4-8-18(22)23/h2-3,5,7,15H,4,6,8-14H2,1H3. The van der Waals surface area contributed by atoms with Gasteiger partial charge in [0, 0.05) is 38.0 Å². The second-order valence-electron chi connectivity index (χ2n) is 7.35. The number of para-hydroxylation sites is 1. The molecular formula is C20H26N2O4. The van der Waals surface area contributed by atoms with Gasteiger partial charge < -0.3 is 14.4 Å². The van der Waals surface area contributed by atoms with Crippen LogP contribution in [0.25, 0.3) is 0 Å². The van der Waals surface area contributed by atoms with Crippen LogP contribution in [0.15, 0.2) is 24.3 Å². The van der Waals surface area contributed by atoms with Crippen molar-refractivity contribution in [2.75, 3.05) is 31.2 Å². The lowest BCUT2D eigenvalue weighted by molar-refractivity contribution is -0.187. The van der Waals surface area contributed by atoms with Gasteiger partial charge in [0.25, 0.3) is 0 Å². The molecule has 1 unspecified atom stereocenters.